The van der Waals surface area contributed by atoms with Crippen LogP contribution in [-0.2, 0) is 11.3 Å². The number of benzene rings is 2. The molecule has 27 heavy (non-hydrogen) atoms. The molecule has 0 saturated heterocycles. The number of hydrogen-bond donors (Lipinski definition) is 0. The second kappa shape index (κ2) is 7.69. The minimum atomic E-state index is -0.680. The molecule has 0 radical (unpaired) electrons. The molecule has 0 amide bonds. The molecule has 3 aromatic rings. The molecule has 0 aliphatic rings. The number of ether oxygens (including phenoxy) is 1. The van der Waals surface area contributed by atoms with Gasteiger partial charge in [-0.3, -0.25) is 10.1 Å². The fraction of sp³-hybridized carbons (Fsp3) is 0.158. The average molecular weight is 367 g/mol. The highest BCUT2D eigenvalue weighted by molar-refractivity contribution is 5.96. The smallest absolute Gasteiger partial charge is 0.340 e. The third kappa shape index (κ3) is 4.12. The highest BCUT2D eigenvalue weighted by Crippen LogP contribution is 2.25. The van der Waals surface area contributed by atoms with Crippen LogP contribution in [0.25, 0.3) is 11.3 Å². The predicted molar refractivity (Wildman–Crippen MR) is 98.5 cm³/mol. The number of nitrogens with zero attached hydrogens (tertiary/aromatic N) is 3. The maximum Gasteiger partial charge on any atom is 0.340 e. The number of non-ortho nitro benzene ring substituents is 1. The molecule has 0 fully saturated rings. The van der Waals surface area contributed by atoms with Crippen molar-refractivity contribution in [2.24, 2.45) is 0 Å². The van der Waals surface area contributed by atoms with Crippen LogP contribution in [-0.4, -0.2) is 30.1 Å². The Balaban J connectivity index is 1.75. The second-order valence-corrected chi connectivity index (χ2v) is 5.97. The van der Waals surface area contributed by atoms with Crippen molar-refractivity contribution < 1.29 is 19.0 Å². The largest absolute Gasteiger partial charge is 0.454 e. The lowest BCUT2D eigenvalue weighted by Gasteiger charge is -2.16. The number of nitro benzene ring substituents is 1. The summed E-state index contributed by atoms with van der Waals surface area (Å²) < 4.78 is 10.5. The second-order valence-electron chi connectivity index (χ2n) is 5.97. The van der Waals surface area contributed by atoms with Gasteiger partial charge in [0.2, 0.25) is 0 Å². The molecule has 0 aliphatic carbocycles. The Labute approximate surface area is 155 Å². The summed E-state index contributed by atoms with van der Waals surface area (Å²) in [4.78, 5) is 24.6. The quantitative estimate of drug-likeness (QED) is 0.372. The molecule has 2 aromatic carbocycles. The van der Waals surface area contributed by atoms with Gasteiger partial charge in [-0.1, -0.05) is 35.5 Å². The molecular weight excluding hydrogens is 350 g/mol. The molecule has 1 aromatic heterocycles. The number of anilines is 1. The van der Waals surface area contributed by atoms with Crippen molar-refractivity contribution in [1.29, 1.82) is 0 Å². The lowest BCUT2D eigenvalue weighted by atomic mass is 10.1. The van der Waals surface area contributed by atoms with Crippen LogP contribution in [0.15, 0.2) is 59.1 Å². The van der Waals surface area contributed by atoms with E-state index in [-0.39, 0.29) is 17.9 Å². The summed E-state index contributed by atoms with van der Waals surface area (Å²) in [5.74, 6) is -0.306. The van der Waals surface area contributed by atoms with Gasteiger partial charge in [0.25, 0.3) is 5.69 Å². The fourth-order valence-electron chi connectivity index (χ4n) is 2.53. The van der Waals surface area contributed by atoms with Gasteiger partial charge >= 0.3 is 5.97 Å². The monoisotopic (exact) mass is 367 g/mol. The van der Waals surface area contributed by atoms with E-state index in [1.807, 2.05) is 30.3 Å². The number of aromatic nitrogens is 1. The van der Waals surface area contributed by atoms with Gasteiger partial charge in [-0.15, -0.1) is 0 Å². The normalized spacial score (nSPS) is 10.4. The first-order chi connectivity index (χ1) is 13.0. The van der Waals surface area contributed by atoms with Gasteiger partial charge in [0.15, 0.2) is 12.4 Å². The molecule has 0 saturated carbocycles. The highest BCUT2D eigenvalue weighted by atomic mass is 16.6. The van der Waals surface area contributed by atoms with E-state index in [0.717, 1.165) is 5.56 Å². The van der Waals surface area contributed by atoms with Crippen molar-refractivity contribution in [2.45, 2.75) is 6.61 Å². The van der Waals surface area contributed by atoms with Crippen molar-refractivity contribution in [3.63, 3.8) is 0 Å². The van der Waals surface area contributed by atoms with E-state index in [2.05, 4.69) is 5.16 Å². The summed E-state index contributed by atoms with van der Waals surface area (Å²) in [5, 5.41) is 14.9. The van der Waals surface area contributed by atoms with E-state index in [1.54, 1.807) is 25.1 Å². The lowest BCUT2D eigenvalue weighted by molar-refractivity contribution is -0.384. The maximum absolute atomic E-state index is 12.5. The van der Waals surface area contributed by atoms with Crippen LogP contribution in [0.4, 0.5) is 11.4 Å². The first kappa shape index (κ1) is 18.1. The van der Waals surface area contributed by atoms with Crippen molar-refractivity contribution >= 4 is 17.3 Å². The van der Waals surface area contributed by atoms with Gasteiger partial charge in [-0.2, -0.15) is 0 Å². The van der Waals surface area contributed by atoms with Crippen molar-refractivity contribution in [3.05, 3.63) is 76.0 Å². The average Bonchev–Trinajstić information content (AvgIpc) is 3.15. The number of esters is 1. The summed E-state index contributed by atoms with van der Waals surface area (Å²) >= 11 is 0. The molecule has 0 unspecified atom stereocenters. The van der Waals surface area contributed by atoms with Crippen molar-refractivity contribution in [1.82, 2.24) is 5.16 Å². The summed E-state index contributed by atoms with van der Waals surface area (Å²) in [6.45, 7) is -0.131. The Bertz CT molecular complexity index is 966. The molecule has 8 nitrogen and oxygen atoms in total. The van der Waals surface area contributed by atoms with E-state index in [1.165, 1.54) is 18.2 Å². The lowest BCUT2D eigenvalue weighted by Crippen LogP contribution is -2.15. The molecule has 0 bridgehead atoms. The zero-order chi connectivity index (χ0) is 19.4. The van der Waals surface area contributed by atoms with E-state index in [9.17, 15) is 14.9 Å². The molecule has 3 rings (SSSR count). The number of carbonyl (C=O) groups is 1. The number of rotatable bonds is 6. The minimum Gasteiger partial charge on any atom is -0.454 e. The Morgan fingerprint density at radius 1 is 1.19 bits per heavy atom. The maximum atomic E-state index is 12.5. The van der Waals surface area contributed by atoms with Gasteiger partial charge in [-0.25, -0.2) is 4.79 Å². The van der Waals surface area contributed by atoms with Crippen molar-refractivity contribution in [2.75, 3.05) is 19.0 Å². The van der Waals surface area contributed by atoms with Gasteiger partial charge in [-0.05, 0) is 6.07 Å². The third-order valence-electron chi connectivity index (χ3n) is 3.87. The zero-order valence-corrected chi connectivity index (χ0v) is 14.8. The fourth-order valence-corrected chi connectivity index (χ4v) is 2.53. The molecular formula is C19H17N3O5. The Morgan fingerprint density at radius 2 is 1.93 bits per heavy atom. The minimum absolute atomic E-state index is 0.108. The van der Waals surface area contributed by atoms with Gasteiger partial charge in [0, 0.05) is 37.9 Å². The Hall–Kier alpha value is -3.68. The van der Waals surface area contributed by atoms with E-state index >= 15 is 0 Å². The molecule has 8 heteroatoms. The number of carbonyl (C=O) groups excluding carboxylic acids is 1. The number of hydrogen-bond acceptors (Lipinski definition) is 7. The summed E-state index contributed by atoms with van der Waals surface area (Å²) in [5.41, 5.74) is 1.96. The van der Waals surface area contributed by atoms with E-state index < -0.39 is 10.9 Å². The molecule has 138 valence electrons. The van der Waals surface area contributed by atoms with Crippen molar-refractivity contribution in [3.8, 4) is 11.3 Å². The summed E-state index contributed by atoms with van der Waals surface area (Å²) in [6.07, 6.45) is 0. The van der Waals surface area contributed by atoms with Crippen LogP contribution >= 0.6 is 0 Å². The summed E-state index contributed by atoms with van der Waals surface area (Å²) in [6, 6.07) is 15.2. The van der Waals surface area contributed by atoms with Crippen LogP contribution in [0, 0.1) is 10.1 Å². The van der Waals surface area contributed by atoms with Crippen LogP contribution in [0.2, 0.25) is 0 Å². The van der Waals surface area contributed by atoms with Crippen LogP contribution in [0.5, 0.6) is 0 Å². The SMILES string of the molecule is CN(C)c1ccc([N+](=O)[O-])cc1C(=O)OCc1cc(-c2ccccc2)no1. The zero-order valence-electron chi connectivity index (χ0n) is 14.8. The molecule has 0 aliphatic heterocycles. The molecule has 1 heterocycles. The van der Waals surface area contributed by atoms with Gasteiger partial charge in [0.1, 0.15) is 5.69 Å². The highest BCUT2D eigenvalue weighted by Gasteiger charge is 2.20. The van der Waals surface area contributed by atoms with E-state index in [4.69, 9.17) is 9.26 Å². The summed E-state index contributed by atoms with van der Waals surface area (Å²) in [7, 11) is 3.47. The third-order valence-corrected chi connectivity index (χ3v) is 3.87. The predicted octanol–water partition coefficient (Wildman–Crippen LogP) is 3.67. The molecule has 0 spiro atoms. The van der Waals surface area contributed by atoms with Crippen LogP contribution in [0.1, 0.15) is 16.1 Å². The van der Waals surface area contributed by atoms with Gasteiger partial charge < -0.3 is 14.2 Å². The standard InChI is InChI=1S/C19H17N3O5/c1-21(2)18-9-8-14(22(24)25)10-16(18)19(23)26-12-15-11-17(20-27-15)13-6-4-3-5-7-13/h3-11H,12H2,1-2H3. The van der Waals surface area contributed by atoms with Gasteiger partial charge in [0.05, 0.1) is 16.2 Å². The topological polar surface area (TPSA) is 98.7 Å². The molecule has 0 atom stereocenters. The number of nitro groups is 1. The van der Waals surface area contributed by atoms with Crippen LogP contribution < -0.4 is 4.90 Å². The van der Waals surface area contributed by atoms with Crippen LogP contribution in [0.3, 0.4) is 0 Å². The Kier molecular flexibility index (Phi) is 5.16. The first-order valence-electron chi connectivity index (χ1n) is 8.09. The molecule has 0 N–H and O–H groups in total. The van der Waals surface area contributed by atoms with E-state index in [0.29, 0.717) is 17.1 Å². The Morgan fingerprint density at radius 3 is 2.59 bits per heavy atom. The first-order valence-corrected chi connectivity index (χ1v) is 8.09.